The first kappa shape index (κ1) is 12.5. The van der Waals surface area contributed by atoms with Crippen LogP contribution in [0.1, 0.15) is 23.6 Å². The molecular weight excluding hydrogens is 236 g/mol. The second-order valence-corrected chi connectivity index (χ2v) is 6.95. The van der Waals surface area contributed by atoms with Gasteiger partial charge in [-0.15, -0.1) is 0 Å². The Morgan fingerprint density at radius 1 is 1.47 bits per heavy atom. The minimum absolute atomic E-state index is 0.0757. The quantitative estimate of drug-likeness (QED) is 0.622. The molecule has 0 bridgehead atoms. The highest BCUT2D eigenvalue weighted by molar-refractivity contribution is 7.91. The number of benzene rings is 1. The topological polar surface area (TPSA) is 72.2 Å². The van der Waals surface area contributed by atoms with E-state index in [2.05, 4.69) is 11.5 Å². The number of sulfone groups is 1. The lowest BCUT2D eigenvalue weighted by atomic mass is 9.92. The van der Waals surface area contributed by atoms with Gasteiger partial charge in [-0.1, -0.05) is 29.8 Å². The minimum atomic E-state index is -2.86. The molecule has 0 radical (unpaired) electrons. The third-order valence-corrected chi connectivity index (χ3v) is 5.11. The first-order chi connectivity index (χ1) is 8.02. The van der Waals surface area contributed by atoms with Gasteiger partial charge in [-0.25, -0.2) is 8.42 Å². The van der Waals surface area contributed by atoms with E-state index < -0.39 is 9.84 Å². The predicted octanol–water partition coefficient (Wildman–Crippen LogP) is 0.934. The summed E-state index contributed by atoms with van der Waals surface area (Å²) in [4.78, 5) is 0. The third kappa shape index (κ3) is 2.86. The summed E-state index contributed by atoms with van der Waals surface area (Å²) in [6, 6.07) is 7.95. The van der Waals surface area contributed by atoms with E-state index in [1.807, 2.05) is 25.1 Å². The van der Waals surface area contributed by atoms with Crippen molar-refractivity contribution in [3.05, 3.63) is 35.4 Å². The Bertz CT molecular complexity index is 499. The zero-order chi connectivity index (χ0) is 12.5. The highest BCUT2D eigenvalue weighted by Gasteiger charge is 2.33. The summed E-state index contributed by atoms with van der Waals surface area (Å²) in [5.74, 6) is 6.17. The van der Waals surface area contributed by atoms with Crippen LogP contribution in [0.25, 0.3) is 0 Å². The monoisotopic (exact) mass is 254 g/mol. The summed E-state index contributed by atoms with van der Waals surface area (Å²) >= 11 is 0. The largest absolute Gasteiger partial charge is 0.271 e. The van der Waals surface area contributed by atoms with E-state index in [0.717, 1.165) is 11.1 Å². The van der Waals surface area contributed by atoms with Crippen molar-refractivity contribution in [1.82, 2.24) is 5.43 Å². The lowest BCUT2D eigenvalue weighted by molar-refractivity contribution is 0.399. The summed E-state index contributed by atoms with van der Waals surface area (Å²) in [6.07, 6.45) is 0.686. The van der Waals surface area contributed by atoms with Gasteiger partial charge in [0.25, 0.3) is 0 Å². The molecule has 1 aliphatic heterocycles. The zero-order valence-electron chi connectivity index (χ0n) is 9.89. The van der Waals surface area contributed by atoms with Gasteiger partial charge in [-0.3, -0.25) is 11.3 Å². The molecule has 1 fully saturated rings. The maximum Gasteiger partial charge on any atom is 0.150 e. The van der Waals surface area contributed by atoms with Gasteiger partial charge in [-0.2, -0.15) is 0 Å². The van der Waals surface area contributed by atoms with E-state index in [0.29, 0.717) is 6.42 Å². The molecule has 94 valence electrons. The number of aryl methyl sites for hydroxylation is 1. The number of nitrogens with two attached hydrogens (primary N) is 1. The summed E-state index contributed by atoms with van der Waals surface area (Å²) in [5.41, 5.74) is 4.98. The maximum absolute atomic E-state index is 11.5. The van der Waals surface area contributed by atoms with Gasteiger partial charge in [0.15, 0.2) is 9.84 Å². The van der Waals surface area contributed by atoms with Crippen LogP contribution in [-0.4, -0.2) is 19.9 Å². The van der Waals surface area contributed by atoms with Crippen molar-refractivity contribution in [2.75, 3.05) is 11.5 Å². The molecule has 1 saturated heterocycles. The van der Waals surface area contributed by atoms with Gasteiger partial charge in [-0.05, 0) is 24.8 Å². The number of hydrazine groups is 1. The smallest absolute Gasteiger partial charge is 0.150 e. The molecule has 1 aromatic carbocycles. The Labute approximate surface area is 102 Å². The normalized spacial score (nSPS) is 24.7. The van der Waals surface area contributed by atoms with Gasteiger partial charge >= 0.3 is 0 Å². The zero-order valence-corrected chi connectivity index (χ0v) is 10.7. The lowest BCUT2D eigenvalue weighted by Crippen LogP contribution is -2.34. The third-order valence-electron chi connectivity index (χ3n) is 3.32. The molecule has 0 saturated carbocycles. The van der Waals surface area contributed by atoms with Crippen LogP contribution in [0.4, 0.5) is 0 Å². The van der Waals surface area contributed by atoms with Crippen molar-refractivity contribution >= 4 is 9.84 Å². The number of hydrogen-bond acceptors (Lipinski definition) is 4. The predicted molar refractivity (Wildman–Crippen MR) is 68.0 cm³/mol. The van der Waals surface area contributed by atoms with E-state index in [1.54, 1.807) is 0 Å². The van der Waals surface area contributed by atoms with Crippen molar-refractivity contribution in [2.45, 2.75) is 19.4 Å². The van der Waals surface area contributed by atoms with Crippen LogP contribution in [0.15, 0.2) is 24.3 Å². The molecule has 4 nitrogen and oxygen atoms in total. The van der Waals surface area contributed by atoms with Crippen molar-refractivity contribution in [1.29, 1.82) is 0 Å². The minimum Gasteiger partial charge on any atom is -0.271 e. The molecule has 2 unspecified atom stereocenters. The molecule has 0 aromatic heterocycles. The van der Waals surface area contributed by atoms with E-state index in [4.69, 9.17) is 5.84 Å². The van der Waals surface area contributed by atoms with Crippen molar-refractivity contribution in [2.24, 2.45) is 11.8 Å². The molecule has 0 amide bonds. The fourth-order valence-corrected chi connectivity index (χ4v) is 4.29. The summed E-state index contributed by atoms with van der Waals surface area (Å²) in [5, 5.41) is 0. The molecular formula is C12H18N2O2S. The summed E-state index contributed by atoms with van der Waals surface area (Å²) in [6.45, 7) is 2.02. The Kier molecular flexibility index (Phi) is 3.51. The summed E-state index contributed by atoms with van der Waals surface area (Å²) < 4.78 is 23.0. The lowest BCUT2D eigenvalue weighted by Gasteiger charge is -2.22. The van der Waals surface area contributed by atoms with Gasteiger partial charge in [0, 0.05) is 6.04 Å². The summed E-state index contributed by atoms with van der Waals surface area (Å²) in [7, 11) is -2.86. The molecule has 0 aliphatic carbocycles. The second kappa shape index (κ2) is 4.76. The van der Waals surface area contributed by atoms with Crippen molar-refractivity contribution < 1.29 is 8.42 Å². The molecule has 5 heteroatoms. The number of hydrogen-bond donors (Lipinski definition) is 2. The van der Waals surface area contributed by atoms with Crippen LogP contribution in [0.5, 0.6) is 0 Å². The average molecular weight is 254 g/mol. The van der Waals surface area contributed by atoms with Crippen LogP contribution in [0.3, 0.4) is 0 Å². The van der Waals surface area contributed by atoms with Crippen molar-refractivity contribution in [3.8, 4) is 0 Å². The SMILES string of the molecule is Cc1cccc(C(NN)C2CCS(=O)(=O)C2)c1. The van der Waals surface area contributed by atoms with Crippen LogP contribution in [-0.2, 0) is 9.84 Å². The van der Waals surface area contributed by atoms with Gasteiger partial charge in [0.05, 0.1) is 11.5 Å². The van der Waals surface area contributed by atoms with Gasteiger partial charge < -0.3 is 0 Å². The highest BCUT2D eigenvalue weighted by atomic mass is 32.2. The molecule has 1 heterocycles. The van der Waals surface area contributed by atoms with E-state index in [1.165, 1.54) is 0 Å². The molecule has 1 aliphatic rings. The Morgan fingerprint density at radius 2 is 2.24 bits per heavy atom. The molecule has 0 spiro atoms. The molecule has 1 aromatic rings. The van der Waals surface area contributed by atoms with Gasteiger partial charge in [0.2, 0.25) is 0 Å². The molecule has 2 atom stereocenters. The Hall–Kier alpha value is -0.910. The Morgan fingerprint density at radius 3 is 2.76 bits per heavy atom. The molecule has 17 heavy (non-hydrogen) atoms. The van der Waals surface area contributed by atoms with Crippen LogP contribution < -0.4 is 11.3 Å². The van der Waals surface area contributed by atoms with E-state index in [-0.39, 0.29) is 23.5 Å². The fraction of sp³-hybridized carbons (Fsp3) is 0.500. The molecule has 2 rings (SSSR count). The first-order valence-corrected chi connectivity index (χ1v) is 7.57. The van der Waals surface area contributed by atoms with Crippen LogP contribution in [0, 0.1) is 12.8 Å². The van der Waals surface area contributed by atoms with E-state index >= 15 is 0 Å². The average Bonchev–Trinajstić information content (AvgIpc) is 2.60. The number of nitrogens with one attached hydrogen (secondary N) is 1. The molecule has 3 N–H and O–H groups in total. The van der Waals surface area contributed by atoms with Gasteiger partial charge in [0.1, 0.15) is 0 Å². The Balaban J connectivity index is 2.23. The first-order valence-electron chi connectivity index (χ1n) is 5.75. The fourth-order valence-electron chi connectivity index (χ4n) is 2.45. The number of rotatable bonds is 3. The van der Waals surface area contributed by atoms with E-state index in [9.17, 15) is 8.42 Å². The second-order valence-electron chi connectivity index (χ2n) is 4.72. The van der Waals surface area contributed by atoms with Crippen LogP contribution in [0.2, 0.25) is 0 Å². The maximum atomic E-state index is 11.5. The highest BCUT2D eigenvalue weighted by Crippen LogP contribution is 2.31. The standard InChI is InChI=1S/C12H18N2O2S/c1-9-3-2-4-10(7-9)12(14-13)11-5-6-17(15,16)8-11/h2-4,7,11-12,14H,5-6,8,13H2,1H3. The van der Waals surface area contributed by atoms with Crippen LogP contribution >= 0.6 is 0 Å². The van der Waals surface area contributed by atoms with Crippen molar-refractivity contribution in [3.63, 3.8) is 0 Å².